The molecule has 4 aromatic rings. The Kier molecular flexibility index (Phi) is 7.52. The second-order valence-electron chi connectivity index (χ2n) is 8.09. The van der Waals surface area contributed by atoms with Gasteiger partial charge < -0.3 is 10.1 Å². The third-order valence-electron chi connectivity index (χ3n) is 5.48. The highest BCUT2D eigenvalue weighted by Crippen LogP contribution is 2.31. The number of nitro groups is 1. The standard InChI is InChI=1S/C25H19ClN6O6S/c1-15-10-24(29-31(15)17-5-3-4-16(11-17)14-27)28-25(33)20-13-19(7-8-21(20)26)39(36,37)30-22-12-18(32(34)35)6-9-23(22)38-2/h3-13,30H,1-2H3,(H,28,29,33). The SMILES string of the molecule is COc1ccc([N+](=O)[O-])cc1NS(=O)(=O)c1ccc(Cl)c(C(=O)Nc2cc(C)n(-c3cccc(C#N)c3)n2)c1. The lowest BCUT2D eigenvalue weighted by Crippen LogP contribution is -2.17. The average molecular weight is 567 g/mol. The van der Waals surface area contributed by atoms with E-state index in [1.54, 1.807) is 37.3 Å². The molecule has 0 aliphatic carbocycles. The van der Waals surface area contributed by atoms with Gasteiger partial charge in [0.25, 0.3) is 21.6 Å². The van der Waals surface area contributed by atoms with Crippen molar-refractivity contribution in [2.75, 3.05) is 17.1 Å². The van der Waals surface area contributed by atoms with E-state index in [1.165, 1.54) is 36.1 Å². The van der Waals surface area contributed by atoms with Gasteiger partial charge in [-0.2, -0.15) is 5.26 Å². The smallest absolute Gasteiger partial charge is 0.271 e. The highest BCUT2D eigenvalue weighted by atomic mass is 35.5. The second-order valence-corrected chi connectivity index (χ2v) is 10.2. The van der Waals surface area contributed by atoms with Gasteiger partial charge in [0.2, 0.25) is 0 Å². The van der Waals surface area contributed by atoms with Gasteiger partial charge in [0.1, 0.15) is 5.75 Å². The van der Waals surface area contributed by atoms with Gasteiger partial charge in [-0.15, -0.1) is 5.10 Å². The van der Waals surface area contributed by atoms with Crippen molar-refractivity contribution < 1.29 is 22.9 Å². The van der Waals surface area contributed by atoms with Crippen molar-refractivity contribution in [3.05, 3.63) is 98.7 Å². The summed E-state index contributed by atoms with van der Waals surface area (Å²) in [6.45, 7) is 1.76. The van der Waals surface area contributed by atoms with Crippen LogP contribution >= 0.6 is 11.6 Å². The summed E-state index contributed by atoms with van der Waals surface area (Å²) in [5.74, 6) is -0.494. The Balaban J connectivity index is 1.61. The van der Waals surface area contributed by atoms with E-state index < -0.39 is 20.9 Å². The molecule has 0 unspecified atom stereocenters. The number of non-ortho nitro benzene ring substituents is 1. The Morgan fingerprint density at radius 3 is 2.62 bits per heavy atom. The topological polar surface area (TPSA) is 169 Å². The lowest BCUT2D eigenvalue weighted by molar-refractivity contribution is -0.384. The number of halogens is 1. The fourth-order valence-electron chi connectivity index (χ4n) is 3.63. The molecule has 0 saturated heterocycles. The lowest BCUT2D eigenvalue weighted by atomic mass is 10.2. The summed E-state index contributed by atoms with van der Waals surface area (Å²) in [5.41, 5.74) is 1.06. The molecule has 1 amide bonds. The molecular weight excluding hydrogens is 548 g/mol. The highest BCUT2D eigenvalue weighted by molar-refractivity contribution is 7.92. The van der Waals surface area contributed by atoms with Crippen LogP contribution in [0.25, 0.3) is 5.69 Å². The van der Waals surface area contributed by atoms with Gasteiger partial charge in [-0.1, -0.05) is 17.7 Å². The van der Waals surface area contributed by atoms with E-state index in [4.69, 9.17) is 21.6 Å². The molecule has 1 aromatic heterocycles. The summed E-state index contributed by atoms with van der Waals surface area (Å²) >= 11 is 6.21. The van der Waals surface area contributed by atoms with Gasteiger partial charge in [-0.05, 0) is 49.4 Å². The number of nitro benzene ring substituents is 1. The monoisotopic (exact) mass is 566 g/mol. The first-order valence-corrected chi connectivity index (χ1v) is 12.9. The maximum Gasteiger partial charge on any atom is 0.271 e. The number of hydrogen-bond donors (Lipinski definition) is 2. The number of nitrogens with zero attached hydrogens (tertiary/aromatic N) is 4. The van der Waals surface area contributed by atoms with Crippen LogP contribution in [0.2, 0.25) is 5.02 Å². The molecule has 0 radical (unpaired) electrons. The van der Waals surface area contributed by atoms with Crippen molar-refractivity contribution >= 4 is 44.7 Å². The molecule has 12 nitrogen and oxygen atoms in total. The van der Waals surface area contributed by atoms with Crippen LogP contribution in [-0.4, -0.2) is 36.1 Å². The largest absolute Gasteiger partial charge is 0.495 e. The number of aryl methyl sites for hydroxylation is 1. The van der Waals surface area contributed by atoms with Crippen LogP contribution in [0.4, 0.5) is 17.2 Å². The Morgan fingerprint density at radius 2 is 1.92 bits per heavy atom. The van der Waals surface area contributed by atoms with Crippen molar-refractivity contribution in [2.24, 2.45) is 0 Å². The number of amides is 1. The van der Waals surface area contributed by atoms with Crippen molar-refractivity contribution in [3.8, 4) is 17.5 Å². The minimum Gasteiger partial charge on any atom is -0.495 e. The number of nitrogens with one attached hydrogen (secondary N) is 2. The normalized spacial score (nSPS) is 10.9. The summed E-state index contributed by atoms with van der Waals surface area (Å²) in [5, 5.41) is 27.2. The quantitative estimate of drug-likeness (QED) is 0.229. The molecule has 4 rings (SSSR count). The number of aromatic nitrogens is 2. The molecule has 0 saturated carbocycles. The summed E-state index contributed by atoms with van der Waals surface area (Å²) in [4.78, 5) is 23.2. The Labute approximate surface area is 227 Å². The van der Waals surface area contributed by atoms with Crippen molar-refractivity contribution in [1.29, 1.82) is 5.26 Å². The fourth-order valence-corrected chi connectivity index (χ4v) is 4.92. The first-order valence-electron chi connectivity index (χ1n) is 11.1. The number of ether oxygens (including phenoxy) is 1. The molecule has 0 aliphatic heterocycles. The molecule has 2 N–H and O–H groups in total. The Bertz CT molecular complexity index is 1760. The number of sulfonamides is 1. The molecule has 1 heterocycles. The summed E-state index contributed by atoms with van der Waals surface area (Å²) < 4.78 is 35.1. The minimum atomic E-state index is -4.32. The number of carbonyl (C=O) groups excluding carboxylic acids is 1. The molecule has 14 heteroatoms. The highest BCUT2D eigenvalue weighted by Gasteiger charge is 2.22. The van der Waals surface area contributed by atoms with Crippen LogP contribution in [0, 0.1) is 28.4 Å². The van der Waals surface area contributed by atoms with Gasteiger partial charge in [0, 0.05) is 23.9 Å². The molecule has 0 spiro atoms. The van der Waals surface area contributed by atoms with E-state index >= 15 is 0 Å². The van der Waals surface area contributed by atoms with Gasteiger partial charge >= 0.3 is 0 Å². The van der Waals surface area contributed by atoms with Crippen LogP contribution < -0.4 is 14.8 Å². The summed E-state index contributed by atoms with van der Waals surface area (Å²) in [7, 11) is -3.03. The molecule has 39 heavy (non-hydrogen) atoms. The van der Waals surface area contributed by atoms with Crippen LogP contribution in [-0.2, 0) is 10.0 Å². The second kappa shape index (κ2) is 10.8. The average Bonchev–Trinajstić information content (AvgIpc) is 3.28. The zero-order chi connectivity index (χ0) is 28.3. The van der Waals surface area contributed by atoms with Crippen molar-refractivity contribution in [1.82, 2.24) is 9.78 Å². The Hall–Kier alpha value is -4.93. The fraction of sp³-hybridized carbons (Fsp3) is 0.0800. The van der Waals surface area contributed by atoms with Gasteiger partial charge in [-0.25, -0.2) is 13.1 Å². The van der Waals surface area contributed by atoms with Crippen LogP contribution in [0.15, 0.2) is 71.6 Å². The molecule has 0 bridgehead atoms. The maximum atomic E-state index is 13.1. The van der Waals surface area contributed by atoms with E-state index in [0.29, 0.717) is 16.9 Å². The lowest BCUT2D eigenvalue weighted by Gasteiger charge is -2.13. The van der Waals surface area contributed by atoms with Crippen molar-refractivity contribution in [3.63, 3.8) is 0 Å². The molecule has 0 atom stereocenters. The summed E-state index contributed by atoms with van der Waals surface area (Å²) in [6, 6.07) is 17.3. The number of benzene rings is 3. The number of rotatable bonds is 8. The molecule has 198 valence electrons. The third kappa shape index (κ3) is 5.82. The van der Waals surface area contributed by atoms with Gasteiger partial charge in [0.15, 0.2) is 5.82 Å². The molecule has 3 aromatic carbocycles. The minimum absolute atomic E-state index is 0.0164. The van der Waals surface area contributed by atoms with E-state index in [9.17, 15) is 23.3 Å². The molecule has 0 fully saturated rings. The number of hydrogen-bond acceptors (Lipinski definition) is 8. The van der Waals surface area contributed by atoms with E-state index in [2.05, 4.69) is 21.2 Å². The van der Waals surface area contributed by atoms with Gasteiger partial charge in [0.05, 0.1) is 50.5 Å². The van der Waals surface area contributed by atoms with Crippen molar-refractivity contribution in [2.45, 2.75) is 11.8 Å². The summed E-state index contributed by atoms with van der Waals surface area (Å²) in [6.07, 6.45) is 0. The predicted molar refractivity (Wildman–Crippen MR) is 143 cm³/mol. The number of methoxy groups -OCH3 is 1. The first-order chi connectivity index (χ1) is 18.5. The van der Waals surface area contributed by atoms with E-state index in [0.717, 1.165) is 12.1 Å². The van der Waals surface area contributed by atoms with Crippen LogP contribution in [0.3, 0.4) is 0 Å². The van der Waals surface area contributed by atoms with Crippen LogP contribution in [0.5, 0.6) is 5.75 Å². The Morgan fingerprint density at radius 1 is 1.15 bits per heavy atom. The molecular formula is C25H19ClN6O6S. The number of nitriles is 1. The number of anilines is 2. The third-order valence-corrected chi connectivity index (χ3v) is 7.17. The number of carbonyl (C=O) groups is 1. The van der Waals surface area contributed by atoms with Crippen LogP contribution in [0.1, 0.15) is 21.6 Å². The maximum absolute atomic E-state index is 13.1. The zero-order valence-electron chi connectivity index (χ0n) is 20.4. The predicted octanol–water partition coefficient (Wildman–Crippen LogP) is 4.68. The zero-order valence-corrected chi connectivity index (χ0v) is 21.9. The van der Waals surface area contributed by atoms with Gasteiger partial charge in [-0.3, -0.25) is 19.6 Å². The first kappa shape index (κ1) is 27.1. The van der Waals surface area contributed by atoms with E-state index in [1.807, 2.05) is 0 Å². The molecule has 0 aliphatic rings. The van der Waals surface area contributed by atoms with E-state index in [-0.39, 0.29) is 38.4 Å².